The van der Waals surface area contributed by atoms with E-state index >= 15 is 0 Å². The zero-order valence-electron chi connectivity index (χ0n) is 32.3. The van der Waals surface area contributed by atoms with Gasteiger partial charge in [-0.1, -0.05) is 164 Å². The van der Waals surface area contributed by atoms with Crippen molar-refractivity contribution in [2.45, 2.75) is 13.8 Å². The molecule has 0 N–H and O–H groups in total. The fourth-order valence-corrected chi connectivity index (χ4v) is 7.96. The molecule has 4 nitrogen and oxygen atoms in total. The highest BCUT2D eigenvalue weighted by Crippen LogP contribution is 2.38. The van der Waals surface area contributed by atoms with Crippen LogP contribution in [0.3, 0.4) is 0 Å². The second kappa shape index (κ2) is 14.8. The van der Waals surface area contributed by atoms with Crippen molar-refractivity contribution in [1.82, 2.24) is 19.9 Å². The van der Waals surface area contributed by atoms with Crippen LogP contribution in [0, 0.1) is 13.8 Å². The van der Waals surface area contributed by atoms with E-state index in [4.69, 9.17) is 19.9 Å². The average molecular weight is 743 g/mol. The molecular formula is C54H38N4. The number of hydrogen-bond donors (Lipinski definition) is 0. The topological polar surface area (TPSA) is 51.6 Å². The third kappa shape index (κ3) is 6.61. The van der Waals surface area contributed by atoms with E-state index < -0.39 is 0 Å². The van der Waals surface area contributed by atoms with Gasteiger partial charge in [0.1, 0.15) is 0 Å². The quantitative estimate of drug-likeness (QED) is 0.153. The van der Waals surface area contributed by atoms with Crippen LogP contribution in [0.15, 0.2) is 194 Å². The van der Waals surface area contributed by atoms with Crippen LogP contribution in [-0.4, -0.2) is 19.9 Å². The fourth-order valence-electron chi connectivity index (χ4n) is 7.96. The van der Waals surface area contributed by atoms with Crippen molar-refractivity contribution in [3.05, 3.63) is 205 Å². The molecule has 0 radical (unpaired) electrons. The first-order valence-electron chi connectivity index (χ1n) is 19.6. The molecule has 0 aliphatic carbocycles. The Bertz CT molecular complexity index is 3060. The molecule has 10 rings (SSSR count). The van der Waals surface area contributed by atoms with E-state index in [1.807, 2.05) is 42.5 Å². The molecule has 0 atom stereocenters. The van der Waals surface area contributed by atoms with Crippen LogP contribution in [0.2, 0.25) is 0 Å². The van der Waals surface area contributed by atoms with Crippen molar-refractivity contribution in [1.29, 1.82) is 0 Å². The van der Waals surface area contributed by atoms with Crippen LogP contribution >= 0.6 is 0 Å². The Morgan fingerprint density at radius 1 is 0.310 bits per heavy atom. The van der Waals surface area contributed by atoms with Gasteiger partial charge in [-0.2, -0.15) is 0 Å². The molecule has 0 saturated carbocycles. The molecule has 0 aliphatic rings. The standard InChI is InChI=1S/C54H38N4/c1-35-16-12-14-24-46(35)52-36(2)51(40-22-10-5-11-23-40)57-54(58-52)45-32-43(41-28-29-48-42(30-41)27-26-37-17-13-15-25-47(37)48)31-44(33-45)53-55-49(38-18-6-3-7-19-38)34-50(56-53)39-20-8-4-9-21-39/h3-34H,1-2H3. The van der Waals surface area contributed by atoms with Gasteiger partial charge in [0.2, 0.25) is 0 Å². The van der Waals surface area contributed by atoms with Gasteiger partial charge in [0.05, 0.1) is 22.8 Å². The van der Waals surface area contributed by atoms with Crippen molar-refractivity contribution in [2.75, 3.05) is 0 Å². The van der Waals surface area contributed by atoms with Crippen molar-refractivity contribution in [2.24, 2.45) is 0 Å². The minimum Gasteiger partial charge on any atom is -0.228 e. The first kappa shape index (κ1) is 34.9. The summed E-state index contributed by atoms with van der Waals surface area (Å²) >= 11 is 0. The van der Waals surface area contributed by atoms with E-state index in [0.29, 0.717) is 11.6 Å². The molecule has 2 heterocycles. The third-order valence-corrected chi connectivity index (χ3v) is 11.0. The lowest BCUT2D eigenvalue weighted by Crippen LogP contribution is -2.02. The number of rotatable bonds is 7. The molecule has 2 aromatic heterocycles. The maximum atomic E-state index is 5.39. The summed E-state index contributed by atoms with van der Waals surface area (Å²) in [7, 11) is 0. The van der Waals surface area contributed by atoms with Crippen molar-refractivity contribution >= 4 is 21.5 Å². The average Bonchev–Trinajstić information content (AvgIpc) is 3.29. The zero-order chi connectivity index (χ0) is 39.0. The Morgan fingerprint density at radius 3 is 1.50 bits per heavy atom. The predicted molar refractivity (Wildman–Crippen MR) is 240 cm³/mol. The molecule has 0 saturated heterocycles. The van der Waals surface area contributed by atoms with Crippen molar-refractivity contribution in [3.63, 3.8) is 0 Å². The lowest BCUT2D eigenvalue weighted by molar-refractivity contribution is 1.14. The van der Waals surface area contributed by atoms with Gasteiger partial charge in [-0.05, 0) is 82.4 Å². The Balaban J connectivity index is 1.24. The molecule has 10 aromatic rings. The zero-order valence-corrected chi connectivity index (χ0v) is 32.3. The largest absolute Gasteiger partial charge is 0.228 e. The number of fused-ring (bicyclic) bond motifs is 3. The number of nitrogens with zero attached hydrogens (tertiary/aromatic N) is 4. The predicted octanol–water partition coefficient (Wildman–Crippen LogP) is 13.9. The van der Waals surface area contributed by atoms with E-state index in [0.717, 1.165) is 78.4 Å². The van der Waals surface area contributed by atoms with Crippen LogP contribution in [-0.2, 0) is 0 Å². The molecule has 8 aromatic carbocycles. The van der Waals surface area contributed by atoms with E-state index in [2.05, 4.69) is 166 Å². The Labute approximate surface area is 338 Å². The van der Waals surface area contributed by atoms with Crippen LogP contribution in [0.4, 0.5) is 0 Å². The lowest BCUT2D eigenvalue weighted by atomic mass is 9.94. The first-order chi connectivity index (χ1) is 28.6. The highest BCUT2D eigenvalue weighted by atomic mass is 14.9. The molecule has 58 heavy (non-hydrogen) atoms. The number of benzene rings is 8. The molecule has 274 valence electrons. The number of hydrogen-bond acceptors (Lipinski definition) is 4. The van der Waals surface area contributed by atoms with Crippen LogP contribution in [0.1, 0.15) is 11.1 Å². The monoisotopic (exact) mass is 742 g/mol. The molecule has 4 heteroatoms. The molecule has 0 spiro atoms. The molecule has 0 aliphatic heterocycles. The number of aromatic nitrogens is 4. The van der Waals surface area contributed by atoms with Gasteiger partial charge in [-0.3, -0.25) is 0 Å². The summed E-state index contributed by atoms with van der Waals surface area (Å²) < 4.78 is 0. The second-order valence-corrected chi connectivity index (χ2v) is 14.8. The normalized spacial score (nSPS) is 11.3. The molecular weight excluding hydrogens is 705 g/mol. The third-order valence-electron chi connectivity index (χ3n) is 11.0. The molecule has 0 amide bonds. The van der Waals surface area contributed by atoms with Crippen LogP contribution in [0.5, 0.6) is 0 Å². The fraction of sp³-hybridized carbons (Fsp3) is 0.0370. The summed E-state index contributed by atoms with van der Waals surface area (Å²) in [6, 6.07) is 67.9. The van der Waals surface area contributed by atoms with E-state index in [-0.39, 0.29) is 0 Å². The molecule has 0 fully saturated rings. The smallest absolute Gasteiger partial charge is 0.160 e. The Kier molecular flexibility index (Phi) is 8.92. The molecule has 0 unspecified atom stereocenters. The SMILES string of the molecule is Cc1ccccc1-c1nc(-c2cc(-c3ccc4c(ccc5ccccc54)c3)cc(-c3nc(-c4ccccc4)cc(-c4ccccc4)n3)c2)nc(-c2ccccc2)c1C. The van der Waals surface area contributed by atoms with Crippen LogP contribution < -0.4 is 0 Å². The summed E-state index contributed by atoms with van der Waals surface area (Å²) in [5.41, 5.74) is 13.8. The summed E-state index contributed by atoms with van der Waals surface area (Å²) in [6.07, 6.45) is 0. The Morgan fingerprint density at radius 2 is 0.828 bits per heavy atom. The van der Waals surface area contributed by atoms with E-state index in [9.17, 15) is 0 Å². The summed E-state index contributed by atoms with van der Waals surface area (Å²) in [4.78, 5) is 21.3. The summed E-state index contributed by atoms with van der Waals surface area (Å²) in [5, 5.41) is 4.87. The highest BCUT2D eigenvalue weighted by molar-refractivity contribution is 6.08. The van der Waals surface area contributed by atoms with Gasteiger partial charge >= 0.3 is 0 Å². The van der Waals surface area contributed by atoms with Gasteiger partial charge in [0.15, 0.2) is 11.6 Å². The summed E-state index contributed by atoms with van der Waals surface area (Å²) in [5.74, 6) is 1.27. The van der Waals surface area contributed by atoms with Gasteiger partial charge in [0.25, 0.3) is 0 Å². The number of aryl methyl sites for hydroxylation is 1. The lowest BCUT2D eigenvalue weighted by Gasteiger charge is -2.16. The van der Waals surface area contributed by atoms with Gasteiger partial charge in [-0.15, -0.1) is 0 Å². The first-order valence-corrected chi connectivity index (χ1v) is 19.6. The minimum atomic E-state index is 0.629. The summed E-state index contributed by atoms with van der Waals surface area (Å²) in [6.45, 7) is 4.27. The van der Waals surface area contributed by atoms with E-state index in [1.165, 1.54) is 21.5 Å². The minimum absolute atomic E-state index is 0.629. The highest BCUT2D eigenvalue weighted by Gasteiger charge is 2.19. The van der Waals surface area contributed by atoms with Gasteiger partial charge in [-0.25, -0.2) is 19.9 Å². The molecule has 0 bridgehead atoms. The van der Waals surface area contributed by atoms with Crippen molar-refractivity contribution in [3.8, 4) is 78.9 Å². The van der Waals surface area contributed by atoms with E-state index in [1.54, 1.807) is 0 Å². The maximum absolute atomic E-state index is 5.39. The maximum Gasteiger partial charge on any atom is 0.160 e. The van der Waals surface area contributed by atoms with Gasteiger partial charge in [0, 0.05) is 38.9 Å². The van der Waals surface area contributed by atoms with Gasteiger partial charge < -0.3 is 0 Å². The van der Waals surface area contributed by atoms with Crippen molar-refractivity contribution < 1.29 is 0 Å². The Hall–Kier alpha value is -7.56. The van der Waals surface area contributed by atoms with Crippen LogP contribution in [0.25, 0.3) is 100 Å². The second-order valence-electron chi connectivity index (χ2n) is 14.8.